The lowest BCUT2D eigenvalue weighted by Gasteiger charge is -2.46. The molecule has 32 heavy (non-hydrogen) atoms. The number of anilines is 2. The Labute approximate surface area is 186 Å². The Morgan fingerprint density at radius 3 is 2.56 bits per heavy atom. The van der Waals surface area contributed by atoms with E-state index in [-0.39, 0.29) is 34.9 Å². The van der Waals surface area contributed by atoms with E-state index in [4.69, 9.17) is 5.73 Å². The second-order valence-electron chi connectivity index (χ2n) is 9.31. The largest absolute Gasteiger partial charge is 0.384 e. The fourth-order valence-corrected chi connectivity index (χ4v) is 5.44. The monoisotopic (exact) mass is 425 g/mol. The van der Waals surface area contributed by atoms with Gasteiger partial charge in [-0.3, -0.25) is 19.5 Å². The van der Waals surface area contributed by atoms with Crippen LogP contribution in [0.15, 0.2) is 71.5 Å². The summed E-state index contributed by atoms with van der Waals surface area (Å²) >= 11 is 0. The van der Waals surface area contributed by atoms with Crippen molar-refractivity contribution < 1.29 is 9.59 Å². The number of nitrogens with two attached hydrogens (primary N) is 1. The lowest BCUT2D eigenvalue weighted by Crippen LogP contribution is -2.53. The van der Waals surface area contributed by atoms with E-state index in [1.54, 1.807) is 30.4 Å². The molecule has 1 atom stereocenters. The third-order valence-electron chi connectivity index (χ3n) is 6.68. The molecule has 1 aromatic carbocycles. The molecule has 7 nitrogen and oxygen atoms in total. The van der Waals surface area contributed by atoms with Crippen LogP contribution in [0.2, 0.25) is 0 Å². The average Bonchev–Trinajstić information content (AvgIpc) is 2.97. The molecular formula is C25H23N5O2. The van der Waals surface area contributed by atoms with E-state index >= 15 is 0 Å². The Bertz CT molecular complexity index is 1280. The Morgan fingerprint density at radius 2 is 1.88 bits per heavy atom. The Balaban J connectivity index is 1.93. The van der Waals surface area contributed by atoms with Gasteiger partial charge in [-0.2, -0.15) is 5.26 Å². The summed E-state index contributed by atoms with van der Waals surface area (Å²) in [7, 11) is 1.67. The number of aromatic nitrogens is 1. The number of nitriles is 1. The van der Waals surface area contributed by atoms with Crippen molar-refractivity contribution in [2.45, 2.75) is 32.1 Å². The van der Waals surface area contributed by atoms with Crippen molar-refractivity contribution in [3.8, 4) is 6.07 Å². The highest BCUT2D eigenvalue weighted by Gasteiger charge is 2.62. The number of allylic oxidation sites excluding steroid dienone is 1. The number of amides is 1. The number of hydrogen-bond donors (Lipinski definition) is 1. The number of fused-ring (bicyclic) bond motifs is 3. The fourth-order valence-electron chi connectivity index (χ4n) is 5.44. The Kier molecular flexibility index (Phi) is 4.09. The molecule has 5 rings (SSSR count). The number of benzene rings is 1. The number of rotatable bonds is 1. The van der Waals surface area contributed by atoms with Crippen LogP contribution < -0.4 is 15.5 Å². The molecule has 0 saturated carbocycles. The number of Topliss-reactive ketones (excluding diaryl/α,β-unsaturated/α-hetero) is 1. The summed E-state index contributed by atoms with van der Waals surface area (Å²) in [6.07, 6.45) is 4.11. The predicted octanol–water partition coefficient (Wildman–Crippen LogP) is 3.15. The van der Waals surface area contributed by atoms with E-state index in [0.717, 1.165) is 0 Å². The van der Waals surface area contributed by atoms with E-state index in [1.165, 1.54) is 4.90 Å². The highest BCUT2D eigenvalue weighted by molar-refractivity contribution is 6.20. The van der Waals surface area contributed by atoms with Gasteiger partial charge in [-0.25, -0.2) is 0 Å². The minimum Gasteiger partial charge on any atom is -0.384 e. The number of ketones is 1. The van der Waals surface area contributed by atoms with Gasteiger partial charge in [0.25, 0.3) is 0 Å². The van der Waals surface area contributed by atoms with Gasteiger partial charge in [0, 0.05) is 42.2 Å². The van der Waals surface area contributed by atoms with Gasteiger partial charge in [0.15, 0.2) is 5.78 Å². The molecule has 3 aliphatic rings. The SMILES string of the molecule is CN1C(=O)C2(C(C#N)=C(N)N(c3cccnc3)C3=C2C(=O)CC(C)(C)C3)c2ccccc21. The molecule has 3 heterocycles. The zero-order chi connectivity index (χ0) is 22.8. The number of para-hydroxylation sites is 1. The van der Waals surface area contributed by atoms with E-state index in [2.05, 4.69) is 11.1 Å². The highest BCUT2D eigenvalue weighted by atomic mass is 16.2. The maximum absolute atomic E-state index is 13.9. The zero-order valence-electron chi connectivity index (χ0n) is 18.2. The smallest absolute Gasteiger partial charge is 0.247 e. The van der Waals surface area contributed by atoms with Crippen molar-refractivity contribution in [1.82, 2.24) is 4.98 Å². The van der Waals surface area contributed by atoms with Crippen LogP contribution in [0.1, 0.15) is 32.3 Å². The Morgan fingerprint density at radius 1 is 1.12 bits per heavy atom. The summed E-state index contributed by atoms with van der Waals surface area (Å²) in [4.78, 5) is 35.2. The first-order valence-electron chi connectivity index (χ1n) is 10.5. The summed E-state index contributed by atoms with van der Waals surface area (Å²) in [6.45, 7) is 4.05. The minimum absolute atomic E-state index is 0.0787. The van der Waals surface area contributed by atoms with E-state index < -0.39 is 5.41 Å². The van der Waals surface area contributed by atoms with Crippen LogP contribution in [0.4, 0.5) is 11.4 Å². The second kappa shape index (κ2) is 6.54. The topological polar surface area (TPSA) is 103 Å². The van der Waals surface area contributed by atoms with Gasteiger partial charge in [0.2, 0.25) is 5.91 Å². The minimum atomic E-state index is -1.54. The first-order valence-corrected chi connectivity index (χ1v) is 10.5. The third-order valence-corrected chi connectivity index (χ3v) is 6.68. The number of carbonyl (C=O) groups excluding carboxylic acids is 2. The number of pyridine rings is 1. The van der Waals surface area contributed by atoms with Crippen LogP contribution in [0.5, 0.6) is 0 Å². The number of carbonyl (C=O) groups is 2. The van der Waals surface area contributed by atoms with Crippen molar-refractivity contribution >= 4 is 23.1 Å². The van der Waals surface area contributed by atoms with Crippen LogP contribution in [0.25, 0.3) is 0 Å². The van der Waals surface area contributed by atoms with Gasteiger partial charge in [-0.1, -0.05) is 32.0 Å². The molecule has 0 bridgehead atoms. The maximum atomic E-state index is 13.9. The summed E-state index contributed by atoms with van der Waals surface area (Å²) < 4.78 is 0. The summed E-state index contributed by atoms with van der Waals surface area (Å²) in [5, 5.41) is 10.3. The van der Waals surface area contributed by atoms with Gasteiger partial charge >= 0.3 is 0 Å². The van der Waals surface area contributed by atoms with Crippen molar-refractivity contribution in [2.75, 3.05) is 16.8 Å². The second-order valence-corrected chi connectivity index (χ2v) is 9.31. The van der Waals surface area contributed by atoms with Gasteiger partial charge in [0.1, 0.15) is 17.3 Å². The zero-order valence-corrected chi connectivity index (χ0v) is 18.2. The van der Waals surface area contributed by atoms with Crippen LogP contribution in [-0.2, 0) is 15.0 Å². The van der Waals surface area contributed by atoms with Crippen molar-refractivity contribution in [3.05, 3.63) is 77.0 Å². The molecule has 0 saturated heterocycles. The van der Waals surface area contributed by atoms with Crippen molar-refractivity contribution in [3.63, 3.8) is 0 Å². The standard InChI is InChI=1S/C25H23N5O2/c1-24(2)11-19-21(20(31)12-24)25(16-8-4-5-9-18(16)29(3)23(25)32)17(13-26)22(27)30(19)15-7-6-10-28-14-15/h4-10,14H,11-12,27H2,1-3H3. The number of hydrogen-bond acceptors (Lipinski definition) is 6. The van der Waals surface area contributed by atoms with Crippen LogP contribution in [-0.4, -0.2) is 23.7 Å². The molecule has 160 valence electrons. The molecular weight excluding hydrogens is 402 g/mol. The van der Waals surface area contributed by atoms with Crippen LogP contribution >= 0.6 is 0 Å². The lowest BCUT2D eigenvalue weighted by molar-refractivity contribution is -0.124. The highest BCUT2D eigenvalue weighted by Crippen LogP contribution is 2.58. The van der Waals surface area contributed by atoms with Gasteiger partial charge < -0.3 is 10.6 Å². The summed E-state index contributed by atoms with van der Waals surface area (Å²) in [5.41, 5.74) is 7.85. The quantitative estimate of drug-likeness (QED) is 0.753. The summed E-state index contributed by atoms with van der Waals surface area (Å²) in [6, 6.07) is 13.1. The predicted molar refractivity (Wildman–Crippen MR) is 120 cm³/mol. The molecule has 1 aromatic heterocycles. The van der Waals surface area contributed by atoms with E-state index in [9.17, 15) is 14.9 Å². The molecule has 1 unspecified atom stereocenters. The van der Waals surface area contributed by atoms with Gasteiger partial charge in [-0.15, -0.1) is 0 Å². The first kappa shape index (κ1) is 20.0. The van der Waals surface area contributed by atoms with Gasteiger partial charge in [-0.05, 0) is 30.0 Å². The number of likely N-dealkylation sites (N-methyl/N-ethyl adjacent to an activating group) is 1. The molecule has 2 aliphatic heterocycles. The molecule has 2 aromatic rings. The van der Waals surface area contributed by atoms with E-state index in [1.807, 2.05) is 44.2 Å². The molecule has 1 spiro atoms. The molecule has 2 N–H and O–H groups in total. The average molecular weight is 425 g/mol. The van der Waals surface area contributed by atoms with Gasteiger partial charge in [0.05, 0.1) is 17.5 Å². The summed E-state index contributed by atoms with van der Waals surface area (Å²) in [5.74, 6) is -0.309. The van der Waals surface area contributed by atoms with Crippen LogP contribution in [0, 0.1) is 16.7 Å². The third kappa shape index (κ3) is 2.38. The van der Waals surface area contributed by atoms with E-state index in [0.29, 0.717) is 34.6 Å². The normalized spacial score (nSPS) is 24.1. The molecule has 1 amide bonds. The lowest BCUT2D eigenvalue weighted by atomic mass is 9.60. The molecule has 7 heteroatoms. The Hall–Kier alpha value is -3.92. The van der Waals surface area contributed by atoms with Crippen molar-refractivity contribution in [1.29, 1.82) is 5.26 Å². The fraction of sp³-hybridized carbons (Fsp3) is 0.280. The van der Waals surface area contributed by atoms with Crippen molar-refractivity contribution in [2.24, 2.45) is 11.1 Å². The first-order chi connectivity index (χ1) is 15.2. The number of nitrogens with zero attached hydrogens (tertiary/aromatic N) is 4. The maximum Gasteiger partial charge on any atom is 0.247 e. The van der Waals surface area contributed by atoms with Crippen LogP contribution in [0.3, 0.4) is 0 Å². The molecule has 0 radical (unpaired) electrons. The molecule has 0 fully saturated rings. The molecule has 1 aliphatic carbocycles.